The first-order valence-electron chi connectivity index (χ1n) is 8.45. The van der Waals surface area contributed by atoms with Gasteiger partial charge in [-0.3, -0.25) is 9.36 Å². The maximum Gasteiger partial charge on any atom is 0.283 e. The number of aromatic amines is 1. The van der Waals surface area contributed by atoms with Crippen molar-refractivity contribution in [3.8, 4) is 5.69 Å². The summed E-state index contributed by atoms with van der Waals surface area (Å²) in [5.41, 5.74) is 4.92. The summed E-state index contributed by atoms with van der Waals surface area (Å²) in [6.07, 6.45) is 0. The molecule has 4 rings (SSSR count). The average molecular weight is 365 g/mol. The fraction of sp³-hybridized carbons (Fsp3) is 0.200. The second-order valence-corrected chi connectivity index (χ2v) is 7.28. The van der Waals surface area contributed by atoms with Crippen LogP contribution < -0.4 is 5.56 Å². The summed E-state index contributed by atoms with van der Waals surface area (Å²) in [6.45, 7) is 4.06. The molecule has 26 heavy (non-hydrogen) atoms. The fourth-order valence-electron chi connectivity index (χ4n) is 3.17. The summed E-state index contributed by atoms with van der Waals surface area (Å²) in [6, 6.07) is 13.7. The van der Waals surface area contributed by atoms with Gasteiger partial charge in [-0.25, -0.2) is 4.98 Å². The molecule has 0 spiro atoms. The van der Waals surface area contributed by atoms with Gasteiger partial charge >= 0.3 is 0 Å². The molecular weight excluding hydrogens is 346 g/mol. The molecule has 2 aromatic heterocycles. The molecule has 2 N–H and O–H groups in total. The van der Waals surface area contributed by atoms with Crippen molar-refractivity contribution in [2.24, 2.45) is 0 Å². The Bertz CT molecular complexity index is 1180. The number of fused-ring (bicyclic) bond motifs is 3. The molecule has 0 aliphatic rings. The lowest BCUT2D eigenvalue weighted by Gasteiger charge is -2.15. The molecular formula is C20H19N3O2S. The topological polar surface area (TPSA) is 70.9 Å². The Morgan fingerprint density at radius 3 is 2.77 bits per heavy atom. The number of aliphatic hydroxyl groups is 1. The van der Waals surface area contributed by atoms with Crippen molar-refractivity contribution in [2.75, 3.05) is 12.4 Å². The first kappa shape index (κ1) is 16.9. The van der Waals surface area contributed by atoms with Crippen LogP contribution in [-0.2, 0) is 0 Å². The minimum absolute atomic E-state index is 0.0270. The van der Waals surface area contributed by atoms with Gasteiger partial charge in [0.15, 0.2) is 5.16 Å². The number of hydrogen-bond acceptors (Lipinski definition) is 4. The standard InChI is InChI=1S/C20H19N3O2S/c1-12-6-5-9-16(13(12)2)23-19(25)18-17(22-20(23)26-11-10-24)14-7-3-4-8-15(14)21-18/h3-9,21,24H,10-11H2,1-2H3. The molecule has 0 unspecified atom stereocenters. The minimum atomic E-state index is -0.125. The molecule has 132 valence electrons. The van der Waals surface area contributed by atoms with E-state index in [9.17, 15) is 9.90 Å². The van der Waals surface area contributed by atoms with E-state index in [0.29, 0.717) is 21.9 Å². The minimum Gasteiger partial charge on any atom is -0.396 e. The molecule has 4 aromatic rings. The second-order valence-electron chi connectivity index (χ2n) is 6.22. The third kappa shape index (κ3) is 2.62. The highest BCUT2D eigenvalue weighted by Crippen LogP contribution is 2.27. The van der Waals surface area contributed by atoms with Crippen molar-refractivity contribution < 1.29 is 5.11 Å². The maximum absolute atomic E-state index is 13.4. The Balaban J connectivity index is 2.10. The lowest BCUT2D eigenvalue weighted by atomic mass is 10.1. The summed E-state index contributed by atoms with van der Waals surface area (Å²) >= 11 is 1.39. The smallest absolute Gasteiger partial charge is 0.283 e. The van der Waals surface area contributed by atoms with Gasteiger partial charge in [-0.1, -0.05) is 42.1 Å². The van der Waals surface area contributed by atoms with Crippen molar-refractivity contribution in [1.82, 2.24) is 14.5 Å². The van der Waals surface area contributed by atoms with Crippen LogP contribution in [0.5, 0.6) is 0 Å². The highest BCUT2D eigenvalue weighted by Gasteiger charge is 2.18. The molecule has 0 amide bonds. The first-order valence-corrected chi connectivity index (χ1v) is 9.44. The predicted molar refractivity (Wildman–Crippen MR) is 106 cm³/mol. The molecule has 0 saturated carbocycles. The monoisotopic (exact) mass is 365 g/mol. The van der Waals surface area contributed by atoms with Gasteiger partial charge < -0.3 is 10.1 Å². The predicted octanol–water partition coefficient (Wildman–Crippen LogP) is 3.57. The van der Waals surface area contributed by atoms with E-state index in [2.05, 4.69) is 4.98 Å². The SMILES string of the molecule is Cc1cccc(-n2c(SCCO)nc3c([nH]c4ccccc43)c2=O)c1C. The average Bonchev–Trinajstić information content (AvgIpc) is 3.02. The second kappa shape index (κ2) is 6.63. The van der Waals surface area contributed by atoms with Crippen LogP contribution in [0.1, 0.15) is 11.1 Å². The van der Waals surface area contributed by atoms with E-state index in [1.165, 1.54) is 11.8 Å². The first-order chi connectivity index (χ1) is 12.6. The molecule has 0 saturated heterocycles. The number of hydrogen-bond donors (Lipinski definition) is 2. The van der Waals surface area contributed by atoms with Crippen LogP contribution in [0.4, 0.5) is 0 Å². The Morgan fingerprint density at radius 2 is 1.96 bits per heavy atom. The van der Waals surface area contributed by atoms with E-state index in [-0.39, 0.29) is 12.2 Å². The van der Waals surface area contributed by atoms with E-state index in [1.807, 2.05) is 56.3 Å². The number of aliphatic hydroxyl groups excluding tert-OH is 1. The molecule has 2 aromatic carbocycles. The lowest BCUT2D eigenvalue weighted by molar-refractivity contribution is 0.322. The summed E-state index contributed by atoms with van der Waals surface area (Å²) in [4.78, 5) is 21.4. The van der Waals surface area contributed by atoms with Crippen molar-refractivity contribution >= 4 is 33.7 Å². The van der Waals surface area contributed by atoms with Gasteiger partial charge in [0.25, 0.3) is 5.56 Å². The molecule has 0 atom stereocenters. The number of H-pyrrole nitrogens is 1. The van der Waals surface area contributed by atoms with Crippen LogP contribution >= 0.6 is 11.8 Å². The normalized spacial score (nSPS) is 11.5. The molecule has 6 heteroatoms. The van der Waals surface area contributed by atoms with Crippen molar-refractivity contribution in [3.05, 3.63) is 63.9 Å². The Hall–Kier alpha value is -2.57. The number of thioether (sulfide) groups is 1. The van der Waals surface area contributed by atoms with Crippen molar-refractivity contribution in [1.29, 1.82) is 0 Å². The van der Waals surface area contributed by atoms with E-state index in [1.54, 1.807) is 4.57 Å². The molecule has 0 bridgehead atoms. The van der Waals surface area contributed by atoms with Crippen LogP contribution in [0.15, 0.2) is 52.4 Å². The Kier molecular flexibility index (Phi) is 4.30. The third-order valence-electron chi connectivity index (χ3n) is 4.63. The summed E-state index contributed by atoms with van der Waals surface area (Å²) in [5, 5.41) is 10.8. The number of aromatic nitrogens is 3. The Morgan fingerprint density at radius 1 is 1.15 bits per heavy atom. The van der Waals surface area contributed by atoms with Crippen LogP contribution in [0.2, 0.25) is 0 Å². The third-order valence-corrected chi connectivity index (χ3v) is 5.55. The largest absolute Gasteiger partial charge is 0.396 e. The number of rotatable bonds is 4. The highest BCUT2D eigenvalue weighted by molar-refractivity contribution is 7.99. The van der Waals surface area contributed by atoms with Crippen molar-refractivity contribution in [3.63, 3.8) is 0 Å². The van der Waals surface area contributed by atoms with E-state index < -0.39 is 0 Å². The van der Waals surface area contributed by atoms with Gasteiger partial charge in [-0.15, -0.1) is 0 Å². The Labute approximate surface area is 154 Å². The quantitative estimate of drug-likeness (QED) is 0.428. The summed E-state index contributed by atoms with van der Waals surface area (Å²) in [7, 11) is 0. The van der Waals surface area contributed by atoms with Gasteiger partial charge in [-0.2, -0.15) is 0 Å². The van der Waals surface area contributed by atoms with Gasteiger partial charge in [0.1, 0.15) is 11.0 Å². The number of nitrogens with one attached hydrogen (secondary N) is 1. The molecule has 2 heterocycles. The summed E-state index contributed by atoms with van der Waals surface area (Å²) in [5.74, 6) is 0.477. The van der Waals surface area contributed by atoms with E-state index in [4.69, 9.17) is 4.98 Å². The van der Waals surface area contributed by atoms with E-state index in [0.717, 1.165) is 27.7 Å². The molecule has 0 aliphatic carbocycles. The fourth-order valence-corrected chi connectivity index (χ4v) is 3.91. The zero-order valence-electron chi connectivity index (χ0n) is 14.6. The van der Waals surface area contributed by atoms with Gasteiger partial charge in [0, 0.05) is 16.7 Å². The molecule has 5 nitrogen and oxygen atoms in total. The summed E-state index contributed by atoms with van der Waals surface area (Å²) < 4.78 is 1.65. The van der Waals surface area contributed by atoms with Gasteiger partial charge in [-0.05, 0) is 37.1 Å². The molecule has 0 aliphatic heterocycles. The molecule has 0 fully saturated rings. The zero-order valence-corrected chi connectivity index (χ0v) is 15.4. The number of para-hydroxylation sites is 1. The van der Waals surface area contributed by atoms with Gasteiger partial charge in [0.05, 0.1) is 12.3 Å². The number of nitrogens with zero attached hydrogens (tertiary/aromatic N) is 2. The zero-order chi connectivity index (χ0) is 18.3. The van der Waals surface area contributed by atoms with Crippen LogP contribution in [0.25, 0.3) is 27.6 Å². The molecule has 0 radical (unpaired) electrons. The van der Waals surface area contributed by atoms with Crippen LogP contribution in [0, 0.1) is 13.8 Å². The lowest BCUT2D eigenvalue weighted by Crippen LogP contribution is -2.23. The number of aryl methyl sites for hydroxylation is 1. The highest BCUT2D eigenvalue weighted by atomic mass is 32.2. The number of benzene rings is 2. The van der Waals surface area contributed by atoms with Gasteiger partial charge in [0.2, 0.25) is 0 Å². The van der Waals surface area contributed by atoms with Crippen LogP contribution in [0.3, 0.4) is 0 Å². The van der Waals surface area contributed by atoms with Crippen molar-refractivity contribution in [2.45, 2.75) is 19.0 Å². The maximum atomic E-state index is 13.4. The van der Waals surface area contributed by atoms with Crippen LogP contribution in [-0.4, -0.2) is 32.0 Å². The van der Waals surface area contributed by atoms with E-state index >= 15 is 0 Å².